The Morgan fingerprint density at radius 2 is 1.94 bits per heavy atom. The van der Waals surface area contributed by atoms with Crippen molar-refractivity contribution in [1.82, 2.24) is 19.8 Å². The maximum atomic E-state index is 13.9. The minimum Gasteiger partial charge on any atom is -0.497 e. The molecule has 8 nitrogen and oxygen atoms in total. The van der Waals surface area contributed by atoms with Crippen LogP contribution in [0.25, 0.3) is 0 Å². The van der Waals surface area contributed by atoms with E-state index in [1.807, 2.05) is 37.3 Å². The van der Waals surface area contributed by atoms with Crippen molar-refractivity contribution in [2.45, 2.75) is 31.8 Å². The van der Waals surface area contributed by atoms with Gasteiger partial charge in [0, 0.05) is 30.9 Å². The summed E-state index contributed by atoms with van der Waals surface area (Å²) in [4.78, 5) is 26.4. The molecule has 1 spiro atoms. The van der Waals surface area contributed by atoms with E-state index in [2.05, 4.69) is 44.3 Å². The van der Waals surface area contributed by atoms with Crippen molar-refractivity contribution in [3.8, 4) is 11.8 Å². The van der Waals surface area contributed by atoms with Crippen LogP contribution in [0, 0.1) is 18.3 Å². The molecule has 2 aliphatic rings. The highest BCUT2D eigenvalue weighted by Crippen LogP contribution is 2.49. The number of likely N-dealkylation sites (tertiary alicyclic amines) is 1. The van der Waals surface area contributed by atoms with Crippen LogP contribution in [0.4, 0.5) is 11.5 Å². The number of nitrogens with zero attached hydrogens (tertiary/aromatic N) is 5. The van der Waals surface area contributed by atoms with Crippen molar-refractivity contribution in [3.05, 3.63) is 76.7 Å². The average Bonchev–Trinajstić information content (AvgIpc) is 3.09. The molecule has 1 fully saturated rings. The van der Waals surface area contributed by atoms with Gasteiger partial charge in [-0.15, -0.1) is 0 Å². The molecule has 1 aromatic heterocycles. The Bertz CT molecular complexity index is 1310. The number of aromatic nitrogens is 2. The summed E-state index contributed by atoms with van der Waals surface area (Å²) >= 11 is 0. The van der Waals surface area contributed by atoms with Gasteiger partial charge in [-0.1, -0.05) is 12.1 Å². The first-order chi connectivity index (χ1) is 16.9. The van der Waals surface area contributed by atoms with Gasteiger partial charge in [-0.25, -0.2) is 9.97 Å². The molecule has 0 unspecified atom stereocenters. The summed E-state index contributed by atoms with van der Waals surface area (Å²) in [7, 11) is 3.78. The van der Waals surface area contributed by atoms with Crippen LogP contribution in [0.15, 0.2) is 48.9 Å². The first kappa shape index (κ1) is 22.8. The first-order valence-corrected chi connectivity index (χ1v) is 11.7. The van der Waals surface area contributed by atoms with E-state index in [-0.39, 0.29) is 11.4 Å². The second-order valence-electron chi connectivity index (χ2n) is 9.31. The fraction of sp³-hybridized carbons (Fsp3) is 0.333. The lowest BCUT2D eigenvalue weighted by Crippen LogP contribution is -2.50. The summed E-state index contributed by atoms with van der Waals surface area (Å²) in [6.45, 7) is 4.33. The minimum absolute atomic E-state index is 0.0733. The van der Waals surface area contributed by atoms with Crippen molar-refractivity contribution in [3.63, 3.8) is 0 Å². The number of carbonyl (C=O) groups is 1. The number of ether oxygens (including phenoxy) is 1. The van der Waals surface area contributed by atoms with Crippen molar-refractivity contribution in [1.29, 1.82) is 5.26 Å². The van der Waals surface area contributed by atoms with Crippen LogP contribution < -0.4 is 10.1 Å². The number of hydrogen-bond donors (Lipinski definition) is 1. The zero-order chi connectivity index (χ0) is 24.6. The number of piperidine rings is 1. The lowest BCUT2D eigenvalue weighted by molar-refractivity contribution is 0.0273. The maximum absolute atomic E-state index is 13.9. The lowest BCUT2D eigenvalue weighted by atomic mass is 9.79. The number of fused-ring (bicyclic) bond motifs is 2. The predicted molar refractivity (Wildman–Crippen MR) is 132 cm³/mol. The summed E-state index contributed by atoms with van der Waals surface area (Å²) in [5.74, 6) is 1.33. The molecular weight excluding hydrogens is 440 g/mol. The standard InChI is InChI=1S/C27H28N6O2/c1-18-12-21(31-25-20(14-28)15-29-17-30-25)13-23-24(18)26(34)33(27(23)8-10-32(2)11-9-27)16-19-4-6-22(35-3)7-5-19/h4-7,12-13,15,17H,8-11,16H2,1-3H3,(H,29,30,31). The normalized spacial score (nSPS) is 16.7. The number of rotatable bonds is 5. The van der Waals surface area contributed by atoms with Crippen LogP contribution in [-0.2, 0) is 12.1 Å². The third kappa shape index (κ3) is 3.98. The van der Waals surface area contributed by atoms with Crippen LogP contribution >= 0.6 is 0 Å². The Labute approximate surface area is 205 Å². The Kier molecular flexibility index (Phi) is 5.87. The monoisotopic (exact) mass is 468 g/mol. The van der Waals surface area contributed by atoms with E-state index in [4.69, 9.17) is 4.74 Å². The van der Waals surface area contributed by atoms with Crippen LogP contribution in [0.3, 0.4) is 0 Å². The SMILES string of the molecule is COc1ccc(CN2C(=O)c3c(C)cc(Nc4ncncc4C#N)cc3C23CCN(C)CC3)cc1. The zero-order valence-corrected chi connectivity index (χ0v) is 20.2. The summed E-state index contributed by atoms with van der Waals surface area (Å²) in [6, 6.07) is 14.1. The third-order valence-electron chi connectivity index (χ3n) is 7.22. The van der Waals surface area contributed by atoms with Crippen LogP contribution in [0.1, 0.15) is 45.5 Å². The molecule has 2 aromatic carbocycles. The maximum Gasteiger partial charge on any atom is 0.255 e. The molecule has 5 rings (SSSR count). The molecule has 1 amide bonds. The van der Waals surface area contributed by atoms with E-state index < -0.39 is 0 Å². The van der Waals surface area contributed by atoms with E-state index in [0.29, 0.717) is 17.9 Å². The lowest BCUT2D eigenvalue weighted by Gasteiger charge is -2.45. The summed E-state index contributed by atoms with van der Waals surface area (Å²) in [6.07, 6.45) is 4.63. The van der Waals surface area contributed by atoms with Gasteiger partial charge in [-0.05, 0) is 67.8 Å². The Morgan fingerprint density at radius 3 is 2.63 bits per heavy atom. The summed E-state index contributed by atoms with van der Waals surface area (Å²) in [5.41, 5.74) is 4.63. The molecule has 3 aromatic rings. The number of amides is 1. The van der Waals surface area contributed by atoms with Crippen LogP contribution in [0.5, 0.6) is 5.75 Å². The number of benzene rings is 2. The van der Waals surface area contributed by atoms with Crippen molar-refractivity contribution >= 4 is 17.4 Å². The van der Waals surface area contributed by atoms with Crippen LogP contribution in [0.2, 0.25) is 0 Å². The Balaban J connectivity index is 1.56. The van der Waals surface area contributed by atoms with Gasteiger partial charge in [-0.3, -0.25) is 4.79 Å². The fourth-order valence-corrected chi connectivity index (χ4v) is 5.30. The summed E-state index contributed by atoms with van der Waals surface area (Å²) in [5, 5.41) is 12.7. The second-order valence-corrected chi connectivity index (χ2v) is 9.31. The van der Waals surface area contributed by atoms with Gasteiger partial charge in [0.05, 0.1) is 18.8 Å². The number of nitrogens with one attached hydrogen (secondary N) is 1. The number of anilines is 2. The molecule has 3 heterocycles. The molecule has 1 N–H and O–H groups in total. The molecule has 0 saturated carbocycles. The fourth-order valence-electron chi connectivity index (χ4n) is 5.30. The zero-order valence-electron chi connectivity index (χ0n) is 20.2. The number of carbonyl (C=O) groups excluding carboxylic acids is 1. The van der Waals surface area contributed by atoms with E-state index in [0.717, 1.165) is 59.6 Å². The quantitative estimate of drug-likeness (QED) is 0.605. The highest BCUT2D eigenvalue weighted by Gasteiger charge is 2.51. The van der Waals surface area contributed by atoms with Gasteiger partial charge in [-0.2, -0.15) is 5.26 Å². The Hall–Kier alpha value is -3.96. The van der Waals surface area contributed by atoms with E-state index >= 15 is 0 Å². The molecule has 178 valence electrons. The number of methoxy groups -OCH3 is 1. The number of aryl methyl sites for hydroxylation is 1. The molecule has 0 radical (unpaired) electrons. The van der Waals surface area contributed by atoms with E-state index in [1.165, 1.54) is 12.5 Å². The van der Waals surface area contributed by atoms with E-state index in [9.17, 15) is 10.1 Å². The molecule has 35 heavy (non-hydrogen) atoms. The summed E-state index contributed by atoms with van der Waals surface area (Å²) < 4.78 is 5.30. The molecule has 2 aliphatic heterocycles. The third-order valence-corrected chi connectivity index (χ3v) is 7.22. The van der Waals surface area contributed by atoms with Gasteiger partial charge in [0.1, 0.15) is 23.7 Å². The Morgan fingerprint density at radius 1 is 1.20 bits per heavy atom. The van der Waals surface area contributed by atoms with Gasteiger partial charge >= 0.3 is 0 Å². The van der Waals surface area contributed by atoms with E-state index in [1.54, 1.807) is 7.11 Å². The highest BCUT2D eigenvalue weighted by atomic mass is 16.5. The first-order valence-electron chi connectivity index (χ1n) is 11.7. The molecule has 0 aliphatic carbocycles. The predicted octanol–water partition coefficient (Wildman–Crippen LogP) is 3.99. The van der Waals surface area contributed by atoms with Crippen molar-refractivity contribution in [2.75, 3.05) is 32.6 Å². The molecular formula is C27H28N6O2. The molecule has 0 atom stereocenters. The largest absolute Gasteiger partial charge is 0.497 e. The van der Waals surface area contributed by atoms with Crippen LogP contribution in [-0.4, -0.2) is 52.9 Å². The average molecular weight is 469 g/mol. The number of nitriles is 1. The second kappa shape index (κ2) is 9.01. The topological polar surface area (TPSA) is 94.4 Å². The smallest absolute Gasteiger partial charge is 0.255 e. The molecule has 0 bridgehead atoms. The minimum atomic E-state index is -0.384. The number of hydrogen-bond acceptors (Lipinski definition) is 7. The van der Waals surface area contributed by atoms with Crippen molar-refractivity contribution in [2.24, 2.45) is 0 Å². The molecule has 1 saturated heterocycles. The van der Waals surface area contributed by atoms with Gasteiger partial charge in [0.25, 0.3) is 5.91 Å². The van der Waals surface area contributed by atoms with Gasteiger partial charge in [0.15, 0.2) is 5.82 Å². The van der Waals surface area contributed by atoms with Gasteiger partial charge in [0.2, 0.25) is 0 Å². The highest BCUT2D eigenvalue weighted by molar-refractivity contribution is 6.02. The molecule has 8 heteroatoms. The van der Waals surface area contributed by atoms with Gasteiger partial charge < -0.3 is 19.9 Å². The van der Waals surface area contributed by atoms with Crippen molar-refractivity contribution < 1.29 is 9.53 Å².